The first kappa shape index (κ1) is 32.2. The van der Waals surface area contributed by atoms with E-state index in [2.05, 4.69) is 55.7 Å². The van der Waals surface area contributed by atoms with Gasteiger partial charge in [0.25, 0.3) is 0 Å². The Labute approximate surface area is 253 Å². The van der Waals surface area contributed by atoms with Crippen LogP contribution < -0.4 is 21.8 Å². The van der Waals surface area contributed by atoms with Crippen molar-refractivity contribution >= 4 is 42.3 Å². The fourth-order valence-corrected chi connectivity index (χ4v) is 7.45. The van der Waals surface area contributed by atoms with Crippen LogP contribution >= 0.6 is 11.3 Å². The number of thiophene rings is 1. The van der Waals surface area contributed by atoms with E-state index in [-0.39, 0.29) is 53.3 Å². The highest BCUT2D eigenvalue weighted by molar-refractivity contribution is 7.08. The fraction of sp³-hybridized carbons (Fsp3) is 0.690. The topological polar surface area (TPSA) is 147 Å². The minimum atomic E-state index is -0.808. The molecule has 4 fully saturated rings. The number of rotatable bonds is 13. The first-order valence-corrected chi connectivity index (χ1v) is 15.9. The zero-order chi connectivity index (χ0) is 30.7. The highest BCUT2D eigenvalue weighted by atomic mass is 32.1. The lowest BCUT2D eigenvalue weighted by Crippen LogP contribution is -2.65. The summed E-state index contributed by atoms with van der Waals surface area (Å²) < 4.78 is 13.2. The van der Waals surface area contributed by atoms with Crippen molar-refractivity contribution in [3.05, 3.63) is 33.4 Å². The molecule has 11 nitrogen and oxygen atoms in total. The first-order valence-electron chi connectivity index (χ1n) is 14.9. The average molecular weight is 602 g/mol. The predicted molar refractivity (Wildman–Crippen MR) is 165 cm³/mol. The zero-order valence-electron chi connectivity index (χ0n) is 25.6. The van der Waals surface area contributed by atoms with Gasteiger partial charge in [-0.15, -0.1) is 0 Å². The Hall–Kier alpha value is -2.77. The molecule has 5 N–H and O–H groups in total. The van der Waals surface area contributed by atoms with Gasteiger partial charge in [-0.1, -0.05) is 33.1 Å². The second-order valence-corrected chi connectivity index (χ2v) is 13.8. The lowest BCUT2D eigenvalue weighted by Gasteiger charge is -2.64. The number of nitrogens with zero attached hydrogens (tertiary/aromatic N) is 2. The number of nitroso groups, excluding NO2 is 1. The van der Waals surface area contributed by atoms with Gasteiger partial charge in [0.05, 0.1) is 22.6 Å². The van der Waals surface area contributed by atoms with Crippen molar-refractivity contribution in [2.75, 3.05) is 13.6 Å². The second kappa shape index (κ2) is 13.3. The molecule has 0 unspecified atom stereocenters. The van der Waals surface area contributed by atoms with Crippen LogP contribution in [0.3, 0.4) is 0 Å². The van der Waals surface area contributed by atoms with Crippen molar-refractivity contribution in [2.24, 2.45) is 33.9 Å². The van der Waals surface area contributed by atoms with E-state index in [0.717, 1.165) is 18.4 Å². The van der Waals surface area contributed by atoms with Crippen LogP contribution in [0.4, 0.5) is 0 Å². The fourth-order valence-electron chi connectivity index (χ4n) is 6.82. The summed E-state index contributed by atoms with van der Waals surface area (Å²) in [6.45, 7) is 11.3. The lowest BCUT2D eigenvalue weighted by atomic mass is 9.43. The van der Waals surface area contributed by atoms with Crippen molar-refractivity contribution in [3.8, 4) is 0 Å². The maximum atomic E-state index is 13.7. The van der Waals surface area contributed by atoms with Crippen LogP contribution in [0.25, 0.3) is 6.08 Å². The molecule has 2 amide bonds. The van der Waals surface area contributed by atoms with Crippen molar-refractivity contribution < 1.29 is 23.8 Å². The van der Waals surface area contributed by atoms with Crippen molar-refractivity contribution in [1.82, 2.24) is 16.1 Å². The predicted octanol–water partition coefficient (Wildman–Crippen LogP) is 3.05. The van der Waals surface area contributed by atoms with Crippen LogP contribution in [-0.4, -0.2) is 67.0 Å². The molecule has 0 radical (unpaired) electrons. The van der Waals surface area contributed by atoms with Gasteiger partial charge in [-0.3, -0.25) is 9.59 Å². The van der Waals surface area contributed by atoms with Crippen LogP contribution in [-0.2, 0) is 18.9 Å². The van der Waals surface area contributed by atoms with Crippen LogP contribution in [0.15, 0.2) is 27.9 Å². The van der Waals surface area contributed by atoms with Gasteiger partial charge < -0.3 is 25.7 Å². The van der Waals surface area contributed by atoms with Gasteiger partial charge in [0, 0.05) is 12.6 Å². The molecular weight excluding hydrogens is 555 g/mol. The molecule has 2 bridgehead atoms. The minimum Gasteiger partial charge on any atom is -0.404 e. The van der Waals surface area contributed by atoms with E-state index in [1.165, 1.54) is 13.1 Å². The third-order valence-electron chi connectivity index (χ3n) is 9.16. The summed E-state index contributed by atoms with van der Waals surface area (Å²) in [5.74, 6) is 0.279. The highest BCUT2D eigenvalue weighted by Gasteiger charge is 2.68. The number of guanidine groups is 1. The van der Waals surface area contributed by atoms with Crippen LogP contribution in [0.2, 0.25) is 0 Å². The number of hydrogen-bond acceptors (Lipinski definition) is 7. The Morgan fingerprint density at radius 1 is 1.29 bits per heavy atom. The summed E-state index contributed by atoms with van der Waals surface area (Å²) in [6, 6.07) is 1.10. The Morgan fingerprint density at radius 3 is 2.69 bits per heavy atom. The molecule has 1 aliphatic heterocycles. The van der Waals surface area contributed by atoms with Crippen LogP contribution in [0.5, 0.6) is 0 Å². The van der Waals surface area contributed by atoms with E-state index in [0.29, 0.717) is 36.0 Å². The summed E-state index contributed by atoms with van der Waals surface area (Å²) in [5, 5.41) is 9.90. The normalized spacial score (nSPS) is 27.7. The van der Waals surface area contributed by atoms with E-state index in [1.807, 2.05) is 16.8 Å². The van der Waals surface area contributed by atoms with Crippen LogP contribution in [0, 0.1) is 28.1 Å². The molecule has 1 aromatic heterocycles. The van der Waals surface area contributed by atoms with E-state index in [1.54, 1.807) is 17.4 Å². The number of nitrogens with one attached hydrogen (secondary N) is 3. The minimum absolute atomic E-state index is 0.00803. The van der Waals surface area contributed by atoms with E-state index >= 15 is 0 Å². The summed E-state index contributed by atoms with van der Waals surface area (Å²) in [6.07, 6.45) is 6.73. The van der Waals surface area contributed by atoms with E-state index < -0.39 is 13.2 Å². The molecule has 13 heteroatoms. The van der Waals surface area contributed by atoms with Crippen molar-refractivity contribution in [1.29, 1.82) is 0 Å². The molecule has 230 valence electrons. The monoisotopic (exact) mass is 601 g/mol. The molecule has 1 aromatic rings. The molecule has 2 heterocycles. The molecular formula is C29H46BN6O5S+. The summed E-state index contributed by atoms with van der Waals surface area (Å²) in [7, 11) is 0.711. The molecule has 6 atom stereocenters. The maximum absolute atomic E-state index is 13.7. The summed E-state index contributed by atoms with van der Waals surface area (Å²) in [5.41, 5.74) is 8.80. The molecule has 0 aromatic carbocycles. The average Bonchev–Trinajstić information content (AvgIpc) is 3.55. The van der Waals surface area contributed by atoms with Gasteiger partial charge in [-0.2, -0.15) is 11.3 Å². The molecule has 3 saturated carbocycles. The lowest BCUT2D eigenvalue weighted by molar-refractivity contribution is -0.562. The standard InChI is InChI=1S/C29H45BN6O5S/c1-18(2)14-24(30-40-23-16-20-15-22(28(20,3)4)29(23,5)41-30)34-26(38)21(8-7-12-32-27(31)35-36(6)39)33-25(37)10-9-19-11-13-42-17-19/h9-11,13,17-18,20-24H,7-8,12,14-16H2,1-6H3,(H4-,31,32,33,34,35,37,38,39)/p+1/b10-9+/t20-,21-,22-,23+,24-,29-/m0/s1. The Kier molecular flexibility index (Phi) is 10.1. The zero-order valence-corrected chi connectivity index (χ0v) is 26.4. The SMILES string of the molecule is CC(C)C[C@H](NC(=O)[C@H](CCCN=C(N)N[N+](C)=O)NC(=O)/C=C/c1ccsc1)B1O[C@@H]2C[C@@H]3C[C@@H](C3(C)C)[C@]2(C)O1. The van der Waals surface area contributed by atoms with Gasteiger partial charge in [0.1, 0.15) is 10.9 Å². The molecule has 5 rings (SSSR count). The van der Waals surface area contributed by atoms with Crippen molar-refractivity contribution in [3.63, 3.8) is 0 Å². The van der Waals surface area contributed by atoms with Crippen LogP contribution in [0.1, 0.15) is 72.3 Å². The summed E-state index contributed by atoms with van der Waals surface area (Å²) in [4.78, 5) is 42.2. The first-order chi connectivity index (χ1) is 19.8. The number of aliphatic imine (C=N–C) groups is 1. The number of amides is 2. The second-order valence-electron chi connectivity index (χ2n) is 13.1. The third-order valence-corrected chi connectivity index (χ3v) is 9.86. The molecule has 3 aliphatic carbocycles. The number of carbonyl (C=O) groups is 2. The van der Waals surface area contributed by atoms with Crippen molar-refractivity contribution in [2.45, 2.75) is 90.4 Å². The molecule has 42 heavy (non-hydrogen) atoms. The van der Waals surface area contributed by atoms with Gasteiger partial charge in [0.2, 0.25) is 24.8 Å². The van der Waals surface area contributed by atoms with E-state index in [4.69, 9.17) is 15.0 Å². The number of hydrazine groups is 1. The highest BCUT2D eigenvalue weighted by Crippen LogP contribution is 2.65. The smallest absolute Gasteiger partial charge is 0.404 e. The number of hydrogen-bond donors (Lipinski definition) is 4. The molecule has 0 spiro atoms. The number of carbonyl (C=O) groups excluding carboxylic acids is 2. The quantitative estimate of drug-likeness (QED) is 0.0517. The van der Waals surface area contributed by atoms with Gasteiger partial charge >= 0.3 is 7.12 Å². The van der Waals surface area contributed by atoms with E-state index in [9.17, 15) is 14.5 Å². The Balaban J connectivity index is 1.44. The third kappa shape index (κ3) is 7.41. The maximum Gasteiger partial charge on any atom is 0.481 e. The largest absolute Gasteiger partial charge is 0.481 e. The van der Waals surface area contributed by atoms with Gasteiger partial charge in [0.15, 0.2) is 0 Å². The number of nitrogens with two attached hydrogens (primary N) is 1. The Bertz CT molecular complexity index is 1190. The molecule has 1 saturated heterocycles. The summed E-state index contributed by atoms with van der Waals surface area (Å²) >= 11 is 1.54. The molecule has 4 aliphatic rings. The Morgan fingerprint density at radius 2 is 2.05 bits per heavy atom. The van der Waals surface area contributed by atoms with Gasteiger partial charge in [-0.05, 0) is 90.7 Å². The van der Waals surface area contributed by atoms with Gasteiger partial charge in [-0.25, -0.2) is 4.99 Å².